The summed E-state index contributed by atoms with van der Waals surface area (Å²) in [6.07, 6.45) is 3.77. The van der Waals surface area contributed by atoms with Crippen LogP contribution in [0.4, 0.5) is 4.79 Å². The molecule has 0 rings (SSSR count). The van der Waals surface area contributed by atoms with Gasteiger partial charge in [0.2, 0.25) is 0 Å². The van der Waals surface area contributed by atoms with Crippen LogP contribution in [0, 0.1) is 0 Å². The van der Waals surface area contributed by atoms with Gasteiger partial charge in [0.15, 0.2) is 0 Å². The molecule has 1 N–H and O–H groups in total. The van der Waals surface area contributed by atoms with E-state index in [2.05, 4.69) is 11.7 Å². The van der Waals surface area contributed by atoms with Gasteiger partial charge in [-0.2, -0.15) is 0 Å². The van der Waals surface area contributed by atoms with Crippen LogP contribution in [0.5, 0.6) is 0 Å². The van der Waals surface area contributed by atoms with Gasteiger partial charge in [0.05, 0.1) is 0 Å². The van der Waals surface area contributed by atoms with E-state index in [4.69, 9.17) is 5.11 Å². The van der Waals surface area contributed by atoms with Crippen molar-refractivity contribution in [2.45, 2.75) is 45.4 Å². The molecule has 5 heteroatoms. The van der Waals surface area contributed by atoms with E-state index in [-0.39, 0.29) is 25.9 Å². The first-order valence-corrected chi connectivity index (χ1v) is 4.60. The molecule has 0 spiro atoms. The molecule has 0 aliphatic carbocycles. The Kier molecular flexibility index (Phi) is 12.2. The summed E-state index contributed by atoms with van der Waals surface area (Å²) in [5, 5.41) is 8.08. The normalized spacial score (nSPS) is 8.93. The first-order chi connectivity index (χ1) is 6.16. The third kappa shape index (κ3) is 11.6. The zero-order valence-corrected chi connectivity index (χ0v) is 11.6. The molecule has 14 heavy (non-hydrogen) atoms. The SMILES string of the molecule is CCCCCCCC(=O)OC(=O)O.[Zn]. The molecule has 0 heterocycles. The van der Waals surface area contributed by atoms with Crippen molar-refractivity contribution >= 4 is 12.1 Å². The fourth-order valence-corrected chi connectivity index (χ4v) is 1.02. The van der Waals surface area contributed by atoms with Crippen molar-refractivity contribution in [1.82, 2.24) is 0 Å². The van der Waals surface area contributed by atoms with Crippen LogP contribution in [0.1, 0.15) is 45.4 Å². The number of esters is 1. The average Bonchev–Trinajstić information content (AvgIpc) is 2.02. The Bertz CT molecular complexity index is 170. The van der Waals surface area contributed by atoms with Crippen LogP contribution in [0.3, 0.4) is 0 Å². The standard InChI is InChI=1S/C9H16O4.Zn/c1-2-3-4-5-6-7-8(10)13-9(11)12;/h2-7H2,1H3,(H,11,12);. The van der Waals surface area contributed by atoms with Gasteiger partial charge in [-0.1, -0.05) is 32.6 Å². The second-order valence-electron chi connectivity index (χ2n) is 2.90. The van der Waals surface area contributed by atoms with E-state index < -0.39 is 12.1 Å². The molecule has 0 aromatic heterocycles. The number of carbonyl (C=O) groups is 2. The first-order valence-electron chi connectivity index (χ1n) is 4.60. The Hall–Kier alpha value is -0.437. The molecule has 0 aromatic carbocycles. The van der Waals surface area contributed by atoms with E-state index in [0.717, 1.165) is 25.7 Å². The largest absolute Gasteiger partial charge is 0.513 e. The van der Waals surface area contributed by atoms with Crippen LogP contribution >= 0.6 is 0 Å². The van der Waals surface area contributed by atoms with Crippen LogP contribution in [0.25, 0.3) is 0 Å². The Morgan fingerprint density at radius 1 is 1.14 bits per heavy atom. The number of unbranched alkanes of at least 4 members (excludes halogenated alkanes) is 4. The topological polar surface area (TPSA) is 63.6 Å². The summed E-state index contributed by atoms with van der Waals surface area (Å²) in [5.74, 6) is -0.649. The van der Waals surface area contributed by atoms with Gasteiger partial charge >= 0.3 is 12.1 Å². The van der Waals surface area contributed by atoms with Gasteiger partial charge in [0.25, 0.3) is 0 Å². The maximum atomic E-state index is 10.7. The Balaban J connectivity index is 0. The summed E-state index contributed by atoms with van der Waals surface area (Å²) in [6.45, 7) is 2.11. The summed E-state index contributed by atoms with van der Waals surface area (Å²) >= 11 is 0. The minimum absolute atomic E-state index is 0. The van der Waals surface area contributed by atoms with Crippen molar-refractivity contribution in [3.05, 3.63) is 0 Å². The average molecular weight is 254 g/mol. The summed E-state index contributed by atoms with van der Waals surface area (Å²) in [6, 6.07) is 0. The molecule has 0 aliphatic rings. The fraction of sp³-hybridized carbons (Fsp3) is 0.778. The van der Waals surface area contributed by atoms with E-state index in [9.17, 15) is 9.59 Å². The van der Waals surface area contributed by atoms with Crippen LogP contribution in [-0.4, -0.2) is 17.2 Å². The van der Waals surface area contributed by atoms with E-state index in [1.54, 1.807) is 0 Å². The van der Waals surface area contributed by atoms with Crippen molar-refractivity contribution in [1.29, 1.82) is 0 Å². The molecule has 4 nitrogen and oxygen atoms in total. The van der Waals surface area contributed by atoms with E-state index in [1.807, 2.05) is 0 Å². The summed E-state index contributed by atoms with van der Waals surface area (Å²) in [7, 11) is 0. The predicted molar refractivity (Wildman–Crippen MR) is 47.5 cm³/mol. The van der Waals surface area contributed by atoms with Gasteiger partial charge in [-0.15, -0.1) is 0 Å². The van der Waals surface area contributed by atoms with Gasteiger partial charge in [0.1, 0.15) is 0 Å². The van der Waals surface area contributed by atoms with Crippen LogP contribution < -0.4 is 0 Å². The smallest absolute Gasteiger partial charge is 0.449 e. The van der Waals surface area contributed by atoms with Crippen molar-refractivity contribution in [2.24, 2.45) is 0 Å². The Morgan fingerprint density at radius 2 is 1.71 bits per heavy atom. The van der Waals surface area contributed by atoms with E-state index >= 15 is 0 Å². The zero-order chi connectivity index (χ0) is 10.1. The molecule has 0 saturated heterocycles. The van der Waals surface area contributed by atoms with Crippen molar-refractivity contribution in [2.75, 3.05) is 0 Å². The summed E-state index contributed by atoms with van der Waals surface area (Å²) in [5.41, 5.74) is 0. The molecule has 0 aliphatic heterocycles. The summed E-state index contributed by atoms with van der Waals surface area (Å²) in [4.78, 5) is 20.6. The quantitative estimate of drug-likeness (QED) is 0.342. The molecule has 0 atom stereocenters. The third-order valence-electron chi connectivity index (χ3n) is 1.69. The monoisotopic (exact) mass is 252 g/mol. The Morgan fingerprint density at radius 3 is 2.21 bits per heavy atom. The molecular weight excluding hydrogens is 237 g/mol. The van der Waals surface area contributed by atoms with Crippen molar-refractivity contribution in [3.63, 3.8) is 0 Å². The number of hydrogen-bond donors (Lipinski definition) is 1. The number of rotatable bonds is 6. The second kappa shape index (κ2) is 10.6. The second-order valence-corrected chi connectivity index (χ2v) is 2.90. The summed E-state index contributed by atoms with van der Waals surface area (Å²) < 4.78 is 3.93. The first kappa shape index (κ1) is 16.0. The maximum absolute atomic E-state index is 10.7. The van der Waals surface area contributed by atoms with Crippen molar-refractivity contribution in [3.8, 4) is 0 Å². The van der Waals surface area contributed by atoms with Crippen LogP contribution in [-0.2, 0) is 29.0 Å². The molecule has 0 aromatic rings. The number of carboxylic acid groups (broad SMARTS) is 1. The Labute approximate surface area is 96.8 Å². The fourth-order valence-electron chi connectivity index (χ4n) is 1.02. The van der Waals surface area contributed by atoms with Gasteiger partial charge in [-0.25, -0.2) is 4.79 Å². The zero-order valence-electron chi connectivity index (χ0n) is 8.62. The predicted octanol–water partition coefficient (Wildman–Crippen LogP) is 2.57. The molecule has 0 unspecified atom stereocenters. The van der Waals surface area contributed by atoms with Gasteiger partial charge in [-0.3, -0.25) is 4.79 Å². The van der Waals surface area contributed by atoms with Gasteiger partial charge in [-0.05, 0) is 6.42 Å². The third-order valence-corrected chi connectivity index (χ3v) is 1.69. The number of carbonyl (C=O) groups excluding carboxylic acids is 1. The van der Waals surface area contributed by atoms with E-state index in [1.165, 1.54) is 0 Å². The van der Waals surface area contributed by atoms with Crippen molar-refractivity contribution < 1.29 is 38.9 Å². The van der Waals surface area contributed by atoms with Gasteiger partial charge in [0, 0.05) is 25.9 Å². The number of hydrogen-bond acceptors (Lipinski definition) is 3. The molecule has 0 radical (unpaired) electrons. The maximum Gasteiger partial charge on any atom is 0.513 e. The molecule has 0 amide bonds. The van der Waals surface area contributed by atoms with E-state index in [0.29, 0.717) is 6.42 Å². The molecular formula is C9H16O4Zn. The molecule has 0 bridgehead atoms. The minimum Gasteiger partial charge on any atom is -0.449 e. The minimum atomic E-state index is -1.52. The number of ether oxygens (including phenoxy) is 1. The molecule has 0 fully saturated rings. The molecule has 0 saturated carbocycles. The van der Waals surface area contributed by atoms with Crippen LogP contribution in [0.15, 0.2) is 0 Å². The molecule has 78 valence electrons. The van der Waals surface area contributed by atoms with Gasteiger partial charge < -0.3 is 9.84 Å². The van der Waals surface area contributed by atoms with Crippen LogP contribution in [0.2, 0.25) is 0 Å².